The summed E-state index contributed by atoms with van der Waals surface area (Å²) >= 11 is 0. The second-order valence-corrected chi connectivity index (χ2v) is 11.0. The molecule has 33 heavy (non-hydrogen) atoms. The molecule has 0 amide bonds. The van der Waals surface area contributed by atoms with Gasteiger partial charge in [-0.25, -0.2) is 0 Å². The summed E-state index contributed by atoms with van der Waals surface area (Å²) in [6.07, 6.45) is 3.22. The van der Waals surface area contributed by atoms with Crippen LogP contribution in [0, 0.1) is 5.41 Å². The molecule has 0 saturated heterocycles. The molecule has 2 aromatic rings. The maximum absolute atomic E-state index is 12.8. The van der Waals surface area contributed by atoms with E-state index in [-0.39, 0.29) is 11.8 Å². The third-order valence-electron chi connectivity index (χ3n) is 4.22. The number of rotatable bonds is 6. The van der Waals surface area contributed by atoms with E-state index in [1.165, 1.54) is 6.08 Å². The Bertz CT molecular complexity index is 976. The molecule has 0 fully saturated rings. The van der Waals surface area contributed by atoms with Gasteiger partial charge >= 0.3 is 5.97 Å². The van der Waals surface area contributed by atoms with Gasteiger partial charge < -0.3 is 14.2 Å². The lowest BCUT2D eigenvalue weighted by atomic mass is 9.97. The third kappa shape index (κ3) is 8.41. The van der Waals surface area contributed by atoms with Crippen LogP contribution >= 0.6 is 0 Å². The molecule has 2 rings (SSSR count). The van der Waals surface area contributed by atoms with Crippen molar-refractivity contribution in [1.82, 2.24) is 0 Å². The van der Waals surface area contributed by atoms with E-state index < -0.39 is 16.6 Å². The Labute approximate surface area is 197 Å². The van der Waals surface area contributed by atoms with Crippen LogP contribution in [0.4, 0.5) is 0 Å². The second kappa shape index (κ2) is 9.82. The second-order valence-electron chi connectivity index (χ2n) is 11.0. The van der Waals surface area contributed by atoms with E-state index >= 15 is 0 Å². The topological polar surface area (TPSA) is 61.8 Å². The molecule has 0 aliphatic heterocycles. The molecule has 0 aliphatic rings. The standard InChI is InChI=1S/C28H36O5/c1-26(2,3)25(30)31-20-15-13-19(14-16-20)22(29)18-17-21-23(32-27(4,5)6)11-10-12-24(21)33-28(7,8)9/h10-18H,1-9H3. The first-order valence-electron chi connectivity index (χ1n) is 11.1. The lowest BCUT2D eigenvalue weighted by Gasteiger charge is -2.26. The third-order valence-corrected chi connectivity index (χ3v) is 4.22. The monoisotopic (exact) mass is 452 g/mol. The van der Waals surface area contributed by atoms with Crippen molar-refractivity contribution in [2.75, 3.05) is 0 Å². The van der Waals surface area contributed by atoms with Gasteiger partial charge in [0.05, 0.1) is 11.0 Å². The van der Waals surface area contributed by atoms with Gasteiger partial charge in [-0.15, -0.1) is 0 Å². The maximum Gasteiger partial charge on any atom is 0.316 e. The van der Waals surface area contributed by atoms with Crippen molar-refractivity contribution < 1.29 is 23.8 Å². The van der Waals surface area contributed by atoms with Gasteiger partial charge in [0.25, 0.3) is 0 Å². The highest BCUT2D eigenvalue weighted by molar-refractivity contribution is 6.07. The molecule has 5 heteroatoms. The van der Waals surface area contributed by atoms with Crippen molar-refractivity contribution in [3.8, 4) is 17.2 Å². The Morgan fingerprint density at radius 1 is 0.727 bits per heavy atom. The van der Waals surface area contributed by atoms with Gasteiger partial charge in [-0.05, 0) is 111 Å². The van der Waals surface area contributed by atoms with E-state index in [4.69, 9.17) is 14.2 Å². The lowest BCUT2D eigenvalue weighted by molar-refractivity contribution is -0.143. The minimum Gasteiger partial charge on any atom is -0.487 e. The minimum atomic E-state index is -0.605. The summed E-state index contributed by atoms with van der Waals surface area (Å²) in [4.78, 5) is 24.9. The average Bonchev–Trinajstić information content (AvgIpc) is 2.64. The number of hydrogen-bond donors (Lipinski definition) is 0. The molecule has 0 aromatic heterocycles. The van der Waals surface area contributed by atoms with Crippen LogP contribution in [-0.4, -0.2) is 23.0 Å². The van der Waals surface area contributed by atoms with Crippen LogP contribution in [0.1, 0.15) is 78.2 Å². The first kappa shape index (κ1) is 26.2. The van der Waals surface area contributed by atoms with Gasteiger partial charge in [0.15, 0.2) is 5.78 Å². The van der Waals surface area contributed by atoms with Crippen molar-refractivity contribution in [1.29, 1.82) is 0 Å². The Morgan fingerprint density at radius 3 is 1.64 bits per heavy atom. The van der Waals surface area contributed by atoms with Crippen LogP contribution < -0.4 is 14.2 Å². The average molecular weight is 453 g/mol. The summed E-state index contributed by atoms with van der Waals surface area (Å²) < 4.78 is 17.6. The molecule has 0 saturated carbocycles. The number of ketones is 1. The SMILES string of the molecule is CC(C)(C)Oc1cccc(OC(C)(C)C)c1C=CC(=O)c1ccc(OC(=O)C(C)(C)C)cc1. The zero-order chi connectivity index (χ0) is 25.0. The zero-order valence-electron chi connectivity index (χ0n) is 21.2. The van der Waals surface area contributed by atoms with E-state index in [2.05, 4.69) is 0 Å². The summed E-state index contributed by atoms with van der Waals surface area (Å²) in [5.74, 6) is 1.16. The highest BCUT2D eigenvalue weighted by Gasteiger charge is 2.24. The van der Waals surface area contributed by atoms with Gasteiger partial charge in [0, 0.05) is 5.56 Å². The highest BCUT2D eigenvalue weighted by atomic mass is 16.5. The Morgan fingerprint density at radius 2 is 1.21 bits per heavy atom. The first-order chi connectivity index (χ1) is 15.0. The van der Waals surface area contributed by atoms with Crippen LogP contribution in [0.15, 0.2) is 48.5 Å². The summed E-state index contributed by atoms with van der Waals surface area (Å²) in [5.41, 5.74) is -0.242. The Balaban J connectivity index is 2.30. The van der Waals surface area contributed by atoms with Crippen molar-refractivity contribution in [3.05, 3.63) is 59.7 Å². The fraction of sp³-hybridized carbons (Fsp3) is 0.429. The molecule has 0 atom stereocenters. The fourth-order valence-electron chi connectivity index (χ4n) is 2.73. The predicted molar refractivity (Wildman–Crippen MR) is 132 cm³/mol. The Hall–Kier alpha value is -3.08. The largest absolute Gasteiger partial charge is 0.487 e. The van der Waals surface area contributed by atoms with Crippen LogP contribution in [0.3, 0.4) is 0 Å². The highest BCUT2D eigenvalue weighted by Crippen LogP contribution is 2.34. The number of benzene rings is 2. The van der Waals surface area contributed by atoms with Crippen LogP contribution in [-0.2, 0) is 4.79 Å². The van der Waals surface area contributed by atoms with Crippen LogP contribution in [0.25, 0.3) is 6.08 Å². The van der Waals surface area contributed by atoms with Crippen molar-refractivity contribution >= 4 is 17.8 Å². The smallest absolute Gasteiger partial charge is 0.316 e. The van der Waals surface area contributed by atoms with Gasteiger partial charge in [0.2, 0.25) is 0 Å². The van der Waals surface area contributed by atoms with Crippen molar-refractivity contribution in [3.63, 3.8) is 0 Å². The Kier molecular flexibility index (Phi) is 7.79. The van der Waals surface area contributed by atoms with Crippen LogP contribution in [0.2, 0.25) is 0 Å². The van der Waals surface area contributed by atoms with E-state index in [9.17, 15) is 9.59 Å². The van der Waals surface area contributed by atoms with Gasteiger partial charge in [-0.3, -0.25) is 9.59 Å². The molecule has 5 nitrogen and oxygen atoms in total. The zero-order valence-corrected chi connectivity index (χ0v) is 21.2. The molecule has 178 valence electrons. The molecular formula is C28H36O5. The summed E-state index contributed by atoms with van der Waals surface area (Å²) in [5, 5.41) is 0. The molecular weight excluding hydrogens is 416 g/mol. The first-order valence-corrected chi connectivity index (χ1v) is 11.1. The predicted octanol–water partition coefficient (Wildman–Crippen LogP) is 6.89. The summed E-state index contributed by atoms with van der Waals surface area (Å²) in [6.45, 7) is 17.2. The fourth-order valence-corrected chi connectivity index (χ4v) is 2.73. The summed E-state index contributed by atoms with van der Waals surface area (Å²) in [7, 11) is 0. The summed E-state index contributed by atoms with van der Waals surface area (Å²) in [6, 6.07) is 12.1. The lowest BCUT2D eigenvalue weighted by Crippen LogP contribution is -2.25. The van der Waals surface area contributed by atoms with Gasteiger partial charge in [0.1, 0.15) is 28.5 Å². The maximum atomic E-state index is 12.8. The van der Waals surface area contributed by atoms with Gasteiger partial charge in [-0.1, -0.05) is 6.07 Å². The molecule has 0 aliphatic carbocycles. The molecule has 0 spiro atoms. The molecule has 0 radical (unpaired) electrons. The van der Waals surface area contributed by atoms with Crippen LogP contribution in [0.5, 0.6) is 17.2 Å². The number of esters is 1. The van der Waals surface area contributed by atoms with E-state index in [1.54, 1.807) is 51.1 Å². The van der Waals surface area contributed by atoms with Crippen molar-refractivity contribution in [2.24, 2.45) is 5.41 Å². The number of carbonyl (C=O) groups excluding carboxylic acids is 2. The van der Waals surface area contributed by atoms with Gasteiger partial charge in [-0.2, -0.15) is 0 Å². The quantitative estimate of drug-likeness (QED) is 0.207. The molecule has 0 bridgehead atoms. The minimum absolute atomic E-state index is 0.184. The molecule has 2 aromatic carbocycles. The molecule has 0 unspecified atom stereocenters. The molecule has 0 heterocycles. The molecule has 0 N–H and O–H groups in total. The normalized spacial score (nSPS) is 12.5. The number of allylic oxidation sites excluding steroid dienone is 1. The van der Waals surface area contributed by atoms with E-state index in [1.807, 2.05) is 59.7 Å². The van der Waals surface area contributed by atoms with Crippen molar-refractivity contribution in [2.45, 2.75) is 73.5 Å². The number of hydrogen-bond acceptors (Lipinski definition) is 5. The van der Waals surface area contributed by atoms with E-state index in [0.717, 1.165) is 0 Å². The number of ether oxygens (including phenoxy) is 3. The number of carbonyl (C=O) groups is 2. The van der Waals surface area contributed by atoms with E-state index in [0.29, 0.717) is 28.4 Å².